The molecule has 8 nitrogen and oxygen atoms in total. The molecule has 2 saturated heterocycles. The van der Waals surface area contributed by atoms with Crippen molar-refractivity contribution in [1.82, 2.24) is 15.1 Å². The predicted octanol–water partition coefficient (Wildman–Crippen LogP) is 2.81. The van der Waals surface area contributed by atoms with Gasteiger partial charge >= 0.3 is 6.03 Å². The lowest BCUT2D eigenvalue weighted by atomic mass is 9.92. The van der Waals surface area contributed by atoms with E-state index >= 15 is 0 Å². The second-order valence-corrected chi connectivity index (χ2v) is 8.71. The third kappa shape index (κ3) is 4.89. The summed E-state index contributed by atoms with van der Waals surface area (Å²) in [5, 5.41) is 2.71. The minimum absolute atomic E-state index is 0.134. The van der Waals surface area contributed by atoms with Gasteiger partial charge in [0.05, 0.1) is 13.2 Å². The number of imide groups is 1. The lowest BCUT2D eigenvalue weighted by molar-refractivity contribution is -0.140. The van der Waals surface area contributed by atoms with Crippen LogP contribution in [-0.4, -0.2) is 60.6 Å². The van der Waals surface area contributed by atoms with Gasteiger partial charge in [-0.1, -0.05) is 24.3 Å². The third-order valence-electron chi connectivity index (χ3n) is 6.30. The minimum Gasteiger partial charge on any atom is -0.497 e. The Morgan fingerprint density at radius 1 is 1.26 bits per heavy atom. The summed E-state index contributed by atoms with van der Waals surface area (Å²) in [6, 6.07) is 12.2. The summed E-state index contributed by atoms with van der Waals surface area (Å²) in [4.78, 5) is 41.7. The maximum absolute atomic E-state index is 13.7. The molecule has 1 N–H and O–H groups in total. The summed E-state index contributed by atoms with van der Waals surface area (Å²) < 4.78 is 24.5. The first kappa shape index (κ1) is 23.7. The van der Waals surface area contributed by atoms with Gasteiger partial charge in [-0.15, -0.1) is 0 Å². The number of halogens is 1. The number of carbonyl (C=O) groups is 3. The summed E-state index contributed by atoms with van der Waals surface area (Å²) >= 11 is 0. The molecule has 34 heavy (non-hydrogen) atoms. The molecule has 2 fully saturated rings. The highest BCUT2D eigenvalue weighted by molar-refractivity contribution is 6.09. The summed E-state index contributed by atoms with van der Waals surface area (Å²) in [5.41, 5.74) is -0.102. The molecule has 180 valence electrons. The van der Waals surface area contributed by atoms with E-state index in [9.17, 15) is 18.8 Å². The quantitative estimate of drug-likeness (QED) is 0.601. The van der Waals surface area contributed by atoms with Crippen LogP contribution in [0.3, 0.4) is 0 Å². The molecular weight excluding hydrogens is 441 g/mol. The van der Waals surface area contributed by atoms with Gasteiger partial charge in [0.2, 0.25) is 5.91 Å². The van der Waals surface area contributed by atoms with Crippen LogP contribution in [0.5, 0.6) is 5.75 Å². The lowest BCUT2D eigenvalue weighted by Crippen LogP contribution is -2.46. The van der Waals surface area contributed by atoms with E-state index in [4.69, 9.17) is 9.47 Å². The number of ether oxygens (including phenoxy) is 2. The van der Waals surface area contributed by atoms with Gasteiger partial charge in [-0.05, 0) is 55.2 Å². The van der Waals surface area contributed by atoms with Crippen LogP contribution in [0.2, 0.25) is 0 Å². The van der Waals surface area contributed by atoms with Gasteiger partial charge in [0.1, 0.15) is 23.7 Å². The third-order valence-corrected chi connectivity index (χ3v) is 6.30. The van der Waals surface area contributed by atoms with Gasteiger partial charge in [-0.3, -0.25) is 14.5 Å². The fraction of sp³-hybridized carbons (Fsp3) is 0.400. The molecule has 0 bridgehead atoms. The highest BCUT2D eigenvalue weighted by atomic mass is 19.1. The molecule has 4 amide bonds. The highest BCUT2D eigenvalue weighted by Crippen LogP contribution is 2.30. The van der Waals surface area contributed by atoms with Crippen LogP contribution in [0.4, 0.5) is 9.18 Å². The van der Waals surface area contributed by atoms with Crippen molar-refractivity contribution in [2.45, 2.75) is 38.0 Å². The Hall–Kier alpha value is -3.46. The first-order chi connectivity index (χ1) is 16.3. The van der Waals surface area contributed by atoms with Crippen LogP contribution in [-0.2, 0) is 26.4 Å². The Morgan fingerprint density at radius 2 is 2.03 bits per heavy atom. The van der Waals surface area contributed by atoms with E-state index in [1.165, 1.54) is 17.0 Å². The second-order valence-electron chi connectivity index (χ2n) is 8.71. The average molecular weight is 470 g/mol. The van der Waals surface area contributed by atoms with E-state index in [-0.39, 0.29) is 12.6 Å². The van der Waals surface area contributed by atoms with E-state index in [1.54, 1.807) is 50.4 Å². The molecule has 0 saturated carbocycles. The number of amides is 4. The van der Waals surface area contributed by atoms with E-state index in [0.29, 0.717) is 30.0 Å². The SMILES string of the molecule is COc1ccc(C2(C)NC(=O)N(CC(=O)N(Cc3cccc(F)c3)CC3CCCO3)C2=O)cc1. The fourth-order valence-electron chi connectivity index (χ4n) is 4.34. The molecule has 2 aromatic carbocycles. The maximum atomic E-state index is 13.7. The van der Waals surface area contributed by atoms with E-state index in [1.807, 2.05) is 0 Å². The Labute approximate surface area is 197 Å². The Balaban J connectivity index is 1.51. The zero-order valence-corrected chi connectivity index (χ0v) is 19.3. The van der Waals surface area contributed by atoms with Crippen LogP contribution in [0.25, 0.3) is 0 Å². The summed E-state index contributed by atoms with van der Waals surface area (Å²) in [6.45, 7) is 2.26. The zero-order valence-electron chi connectivity index (χ0n) is 19.3. The molecule has 2 heterocycles. The average Bonchev–Trinajstić information content (AvgIpc) is 3.41. The Morgan fingerprint density at radius 3 is 2.68 bits per heavy atom. The van der Waals surface area contributed by atoms with Crippen LogP contribution < -0.4 is 10.1 Å². The molecule has 2 aliphatic heterocycles. The highest BCUT2D eigenvalue weighted by Gasteiger charge is 2.49. The summed E-state index contributed by atoms with van der Waals surface area (Å²) in [6.07, 6.45) is 1.58. The smallest absolute Gasteiger partial charge is 0.325 e. The summed E-state index contributed by atoms with van der Waals surface area (Å²) in [7, 11) is 1.54. The van der Waals surface area contributed by atoms with Crippen LogP contribution in [0.15, 0.2) is 48.5 Å². The van der Waals surface area contributed by atoms with Gasteiger partial charge in [-0.2, -0.15) is 0 Å². The number of benzene rings is 2. The molecule has 0 radical (unpaired) electrons. The molecule has 9 heteroatoms. The van der Waals surface area contributed by atoms with E-state index in [2.05, 4.69) is 5.32 Å². The van der Waals surface area contributed by atoms with Crippen molar-refractivity contribution in [2.24, 2.45) is 0 Å². The lowest BCUT2D eigenvalue weighted by Gasteiger charge is -2.27. The molecule has 2 atom stereocenters. The molecule has 0 spiro atoms. The Kier molecular flexibility index (Phi) is 6.83. The van der Waals surface area contributed by atoms with Crippen molar-refractivity contribution in [3.8, 4) is 5.75 Å². The Bertz CT molecular complexity index is 1070. The first-order valence-electron chi connectivity index (χ1n) is 11.2. The molecule has 0 aromatic heterocycles. The van der Waals surface area contributed by atoms with Crippen molar-refractivity contribution in [1.29, 1.82) is 0 Å². The standard InChI is InChI=1S/C25H28FN3O5/c1-25(18-8-10-20(33-2)11-9-18)23(31)29(24(32)27-25)16-22(30)28(15-21-7-4-12-34-21)14-17-5-3-6-19(26)13-17/h3,5-6,8-11,13,21H,4,7,12,14-16H2,1-2H3,(H,27,32). The fourth-order valence-corrected chi connectivity index (χ4v) is 4.34. The molecule has 2 unspecified atom stereocenters. The van der Waals surface area contributed by atoms with Crippen LogP contribution >= 0.6 is 0 Å². The molecule has 2 aliphatic rings. The second kappa shape index (κ2) is 9.80. The maximum Gasteiger partial charge on any atom is 0.325 e. The number of hydrogen-bond acceptors (Lipinski definition) is 5. The van der Waals surface area contributed by atoms with Crippen molar-refractivity contribution >= 4 is 17.8 Å². The van der Waals surface area contributed by atoms with Gasteiger partial charge in [0.15, 0.2) is 0 Å². The minimum atomic E-state index is -1.30. The van der Waals surface area contributed by atoms with Crippen molar-refractivity contribution in [3.05, 3.63) is 65.5 Å². The monoisotopic (exact) mass is 469 g/mol. The van der Waals surface area contributed by atoms with E-state index < -0.39 is 35.7 Å². The molecular formula is C25H28FN3O5. The summed E-state index contributed by atoms with van der Waals surface area (Å²) in [5.74, 6) is -0.703. The van der Waals surface area contributed by atoms with Crippen LogP contribution in [0.1, 0.15) is 30.9 Å². The number of nitrogens with one attached hydrogen (secondary N) is 1. The normalized spacial score (nSPS) is 22.1. The number of hydrogen-bond donors (Lipinski definition) is 1. The van der Waals surface area contributed by atoms with Crippen molar-refractivity contribution in [2.75, 3.05) is 26.8 Å². The number of carbonyl (C=O) groups excluding carboxylic acids is 3. The largest absolute Gasteiger partial charge is 0.497 e. The number of urea groups is 1. The molecule has 2 aromatic rings. The zero-order chi connectivity index (χ0) is 24.3. The van der Waals surface area contributed by atoms with Gasteiger partial charge in [0.25, 0.3) is 5.91 Å². The first-order valence-corrected chi connectivity index (χ1v) is 11.2. The number of methoxy groups -OCH3 is 1. The predicted molar refractivity (Wildman–Crippen MR) is 121 cm³/mol. The van der Waals surface area contributed by atoms with Crippen molar-refractivity contribution < 1.29 is 28.2 Å². The van der Waals surface area contributed by atoms with Gasteiger partial charge < -0.3 is 19.7 Å². The molecule has 0 aliphatic carbocycles. The number of rotatable bonds is 8. The van der Waals surface area contributed by atoms with Crippen LogP contribution in [0, 0.1) is 5.82 Å². The van der Waals surface area contributed by atoms with Gasteiger partial charge in [0, 0.05) is 19.7 Å². The topological polar surface area (TPSA) is 88.2 Å². The van der Waals surface area contributed by atoms with E-state index in [0.717, 1.165) is 17.7 Å². The van der Waals surface area contributed by atoms with Gasteiger partial charge in [-0.25, -0.2) is 9.18 Å². The van der Waals surface area contributed by atoms with Crippen molar-refractivity contribution in [3.63, 3.8) is 0 Å². The number of nitrogens with zero attached hydrogens (tertiary/aromatic N) is 2. The molecule has 4 rings (SSSR count).